The molecule has 0 atom stereocenters. The van der Waals surface area contributed by atoms with Gasteiger partial charge in [-0.15, -0.1) is 0 Å². The molecule has 0 saturated carbocycles. The molecule has 0 radical (unpaired) electrons. The predicted molar refractivity (Wildman–Crippen MR) is 63.2 cm³/mol. The lowest BCUT2D eigenvalue weighted by Crippen LogP contribution is -2.23. The van der Waals surface area contributed by atoms with Gasteiger partial charge in [0, 0.05) is 11.8 Å². The molecule has 0 spiro atoms. The molecule has 1 heterocycles. The molecule has 0 fully saturated rings. The van der Waals surface area contributed by atoms with E-state index in [1.54, 1.807) is 13.0 Å². The third-order valence-corrected chi connectivity index (χ3v) is 2.36. The Labute approximate surface area is 103 Å². The Morgan fingerprint density at radius 2 is 2.28 bits per heavy atom. The summed E-state index contributed by atoms with van der Waals surface area (Å²) in [4.78, 5) is 11.8. The molecule has 6 heteroatoms. The molecular formula is C12H12FN3O2. The van der Waals surface area contributed by atoms with Gasteiger partial charge in [0.25, 0.3) is 5.91 Å². The molecule has 0 aliphatic rings. The van der Waals surface area contributed by atoms with Gasteiger partial charge in [-0.05, 0) is 25.1 Å². The number of halogens is 1. The molecule has 1 amide bonds. The SMILES string of the molecule is Cc1cc(CNC(=O)c2cc(F)ccc2N)on1. The Kier molecular flexibility index (Phi) is 3.27. The number of carbonyl (C=O) groups is 1. The first-order chi connectivity index (χ1) is 8.56. The van der Waals surface area contributed by atoms with Crippen molar-refractivity contribution in [2.75, 3.05) is 5.73 Å². The van der Waals surface area contributed by atoms with E-state index in [0.29, 0.717) is 5.76 Å². The molecule has 1 aromatic carbocycles. The molecule has 18 heavy (non-hydrogen) atoms. The molecular weight excluding hydrogens is 237 g/mol. The van der Waals surface area contributed by atoms with Crippen LogP contribution in [0.15, 0.2) is 28.8 Å². The molecule has 0 aliphatic heterocycles. The topological polar surface area (TPSA) is 81.2 Å². The third-order valence-electron chi connectivity index (χ3n) is 2.36. The molecule has 1 aromatic heterocycles. The fourth-order valence-electron chi connectivity index (χ4n) is 1.49. The maximum atomic E-state index is 13.0. The maximum Gasteiger partial charge on any atom is 0.253 e. The molecule has 0 bridgehead atoms. The fourth-order valence-corrected chi connectivity index (χ4v) is 1.49. The highest BCUT2D eigenvalue weighted by atomic mass is 19.1. The van der Waals surface area contributed by atoms with Gasteiger partial charge < -0.3 is 15.6 Å². The number of hydrogen-bond donors (Lipinski definition) is 2. The van der Waals surface area contributed by atoms with Crippen LogP contribution in [-0.2, 0) is 6.54 Å². The van der Waals surface area contributed by atoms with Crippen molar-refractivity contribution < 1.29 is 13.7 Å². The first-order valence-electron chi connectivity index (χ1n) is 5.31. The van der Waals surface area contributed by atoms with E-state index in [-0.39, 0.29) is 17.8 Å². The van der Waals surface area contributed by atoms with E-state index in [4.69, 9.17) is 10.3 Å². The molecule has 0 saturated heterocycles. The minimum Gasteiger partial charge on any atom is -0.398 e. The summed E-state index contributed by atoms with van der Waals surface area (Å²) < 4.78 is 17.9. The van der Waals surface area contributed by atoms with Crippen molar-refractivity contribution in [3.63, 3.8) is 0 Å². The van der Waals surface area contributed by atoms with Crippen molar-refractivity contribution in [3.05, 3.63) is 47.1 Å². The predicted octanol–water partition coefficient (Wildman–Crippen LogP) is 1.63. The van der Waals surface area contributed by atoms with Gasteiger partial charge in [-0.3, -0.25) is 4.79 Å². The zero-order valence-corrected chi connectivity index (χ0v) is 9.74. The molecule has 2 aromatic rings. The van der Waals surface area contributed by atoms with Crippen LogP contribution in [0.4, 0.5) is 10.1 Å². The van der Waals surface area contributed by atoms with Crippen molar-refractivity contribution in [2.24, 2.45) is 0 Å². The van der Waals surface area contributed by atoms with E-state index in [2.05, 4.69) is 10.5 Å². The molecule has 94 valence electrons. The quantitative estimate of drug-likeness (QED) is 0.810. The van der Waals surface area contributed by atoms with Crippen molar-refractivity contribution in [1.82, 2.24) is 10.5 Å². The summed E-state index contributed by atoms with van der Waals surface area (Å²) in [6.07, 6.45) is 0. The van der Waals surface area contributed by atoms with Gasteiger partial charge in [0.05, 0.1) is 17.8 Å². The van der Waals surface area contributed by atoms with Gasteiger partial charge in [0.15, 0.2) is 5.76 Å². The van der Waals surface area contributed by atoms with Gasteiger partial charge in [-0.2, -0.15) is 0 Å². The van der Waals surface area contributed by atoms with E-state index in [0.717, 1.165) is 11.8 Å². The number of carbonyl (C=O) groups excluding carboxylic acids is 1. The van der Waals surface area contributed by atoms with Crippen LogP contribution >= 0.6 is 0 Å². The van der Waals surface area contributed by atoms with Crippen molar-refractivity contribution in [1.29, 1.82) is 0 Å². The standard InChI is InChI=1S/C12H12FN3O2/c1-7-4-9(18-16-7)6-15-12(17)10-5-8(13)2-3-11(10)14/h2-5H,6,14H2,1H3,(H,15,17). The highest BCUT2D eigenvalue weighted by molar-refractivity contribution is 5.99. The summed E-state index contributed by atoms with van der Waals surface area (Å²) in [5.74, 6) is -0.443. The van der Waals surface area contributed by atoms with E-state index in [1.165, 1.54) is 12.1 Å². The van der Waals surface area contributed by atoms with E-state index in [1.807, 2.05) is 0 Å². The number of benzene rings is 1. The smallest absolute Gasteiger partial charge is 0.253 e. The van der Waals surface area contributed by atoms with E-state index < -0.39 is 11.7 Å². The lowest BCUT2D eigenvalue weighted by atomic mass is 10.1. The van der Waals surface area contributed by atoms with Gasteiger partial charge in [0.2, 0.25) is 0 Å². The minimum absolute atomic E-state index is 0.103. The summed E-state index contributed by atoms with van der Waals surface area (Å²) >= 11 is 0. The second-order valence-electron chi connectivity index (χ2n) is 3.85. The summed E-state index contributed by atoms with van der Waals surface area (Å²) in [6, 6.07) is 5.35. The summed E-state index contributed by atoms with van der Waals surface area (Å²) in [5, 5.41) is 6.27. The Hall–Kier alpha value is -2.37. The van der Waals surface area contributed by atoms with Crippen molar-refractivity contribution in [3.8, 4) is 0 Å². The largest absolute Gasteiger partial charge is 0.398 e. The van der Waals surface area contributed by atoms with Gasteiger partial charge in [-0.1, -0.05) is 5.16 Å². The number of nitrogens with one attached hydrogen (secondary N) is 1. The van der Waals surface area contributed by atoms with Crippen LogP contribution < -0.4 is 11.1 Å². The Morgan fingerprint density at radius 1 is 1.50 bits per heavy atom. The second kappa shape index (κ2) is 4.87. The number of aryl methyl sites for hydroxylation is 1. The van der Waals surface area contributed by atoms with Crippen LogP contribution in [0.1, 0.15) is 21.8 Å². The number of amides is 1. The number of nitrogen functional groups attached to an aromatic ring is 1. The third kappa shape index (κ3) is 2.65. The van der Waals surface area contributed by atoms with Crippen LogP contribution in [-0.4, -0.2) is 11.1 Å². The van der Waals surface area contributed by atoms with E-state index >= 15 is 0 Å². The normalized spacial score (nSPS) is 10.3. The number of nitrogens with zero attached hydrogens (tertiary/aromatic N) is 1. The Morgan fingerprint density at radius 3 is 2.94 bits per heavy atom. The minimum atomic E-state index is -0.509. The first-order valence-corrected chi connectivity index (χ1v) is 5.31. The lowest BCUT2D eigenvalue weighted by molar-refractivity contribution is 0.0947. The van der Waals surface area contributed by atoms with Crippen LogP contribution in [0.5, 0.6) is 0 Å². The highest BCUT2D eigenvalue weighted by Gasteiger charge is 2.11. The number of nitrogens with two attached hydrogens (primary N) is 1. The van der Waals surface area contributed by atoms with Crippen LogP contribution in [0.2, 0.25) is 0 Å². The average molecular weight is 249 g/mol. The van der Waals surface area contributed by atoms with E-state index in [9.17, 15) is 9.18 Å². The zero-order valence-electron chi connectivity index (χ0n) is 9.74. The van der Waals surface area contributed by atoms with Gasteiger partial charge >= 0.3 is 0 Å². The zero-order chi connectivity index (χ0) is 13.1. The number of rotatable bonds is 3. The Bertz CT molecular complexity index is 580. The number of aromatic nitrogens is 1. The second-order valence-corrected chi connectivity index (χ2v) is 3.85. The average Bonchev–Trinajstić information content (AvgIpc) is 2.75. The van der Waals surface area contributed by atoms with Crippen molar-refractivity contribution in [2.45, 2.75) is 13.5 Å². The molecule has 0 unspecified atom stereocenters. The van der Waals surface area contributed by atoms with Crippen LogP contribution in [0.25, 0.3) is 0 Å². The van der Waals surface area contributed by atoms with Crippen LogP contribution in [0.3, 0.4) is 0 Å². The monoisotopic (exact) mass is 249 g/mol. The maximum absolute atomic E-state index is 13.0. The molecule has 3 N–H and O–H groups in total. The highest BCUT2D eigenvalue weighted by Crippen LogP contribution is 2.13. The van der Waals surface area contributed by atoms with Crippen LogP contribution in [0, 0.1) is 12.7 Å². The number of anilines is 1. The fraction of sp³-hybridized carbons (Fsp3) is 0.167. The van der Waals surface area contributed by atoms with Crippen molar-refractivity contribution >= 4 is 11.6 Å². The van der Waals surface area contributed by atoms with Gasteiger partial charge in [0.1, 0.15) is 5.82 Å². The summed E-state index contributed by atoms with van der Waals surface area (Å²) in [7, 11) is 0. The Balaban J connectivity index is 2.05. The number of hydrogen-bond acceptors (Lipinski definition) is 4. The molecule has 5 nitrogen and oxygen atoms in total. The summed E-state index contributed by atoms with van der Waals surface area (Å²) in [5.41, 5.74) is 6.65. The van der Waals surface area contributed by atoms with Gasteiger partial charge in [-0.25, -0.2) is 4.39 Å². The summed E-state index contributed by atoms with van der Waals surface area (Å²) in [6.45, 7) is 1.95. The first kappa shape index (κ1) is 12.1. The molecule has 0 aliphatic carbocycles. The molecule has 2 rings (SSSR count). The lowest BCUT2D eigenvalue weighted by Gasteiger charge is -2.05.